The molecule has 2 aromatic carbocycles. The van der Waals surface area contributed by atoms with Gasteiger partial charge in [-0.3, -0.25) is 9.59 Å². The zero-order valence-corrected chi connectivity index (χ0v) is 15.1. The van der Waals surface area contributed by atoms with Crippen molar-refractivity contribution in [2.75, 3.05) is 11.4 Å². The Bertz CT molecular complexity index is 810. The minimum Gasteiger partial charge on any atom is -0.312 e. The van der Waals surface area contributed by atoms with Crippen molar-refractivity contribution in [3.05, 3.63) is 65.2 Å². The zero-order chi connectivity index (χ0) is 18.5. The topological polar surface area (TPSA) is 61.8 Å². The van der Waals surface area contributed by atoms with Gasteiger partial charge in [-0.2, -0.15) is 5.10 Å². The molecule has 1 N–H and O–H groups in total. The number of nitrogens with one attached hydrogen (secondary N) is 1. The fourth-order valence-corrected chi connectivity index (χ4v) is 2.96. The van der Waals surface area contributed by atoms with E-state index < -0.39 is 0 Å². The van der Waals surface area contributed by atoms with Crippen molar-refractivity contribution in [1.29, 1.82) is 0 Å². The van der Waals surface area contributed by atoms with E-state index in [-0.39, 0.29) is 24.2 Å². The predicted molar refractivity (Wildman–Crippen MR) is 103 cm³/mol. The van der Waals surface area contributed by atoms with Gasteiger partial charge in [0.2, 0.25) is 11.8 Å². The van der Waals surface area contributed by atoms with Gasteiger partial charge in [0.05, 0.1) is 12.1 Å². The highest BCUT2D eigenvalue weighted by molar-refractivity contribution is 6.00. The predicted octanol–water partition coefficient (Wildman–Crippen LogP) is 3.06. The minimum absolute atomic E-state index is 0.0341. The molecular formula is C21H23N3O2. The van der Waals surface area contributed by atoms with Crippen LogP contribution >= 0.6 is 0 Å². The lowest BCUT2D eigenvalue weighted by molar-refractivity contribution is -0.126. The first-order chi connectivity index (χ1) is 12.6. The van der Waals surface area contributed by atoms with Crippen molar-refractivity contribution in [3.63, 3.8) is 0 Å². The SMILES string of the molecule is CCc1ccc(/C=N/NC(=O)C2CC(=O)N(c3ccc(C)cc3)C2)cc1. The Morgan fingerprint density at radius 1 is 1.19 bits per heavy atom. The second kappa shape index (κ2) is 7.95. The Morgan fingerprint density at radius 2 is 1.88 bits per heavy atom. The van der Waals surface area contributed by atoms with Crippen LogP contribution < -0.4 is 10.3 Å². The van der Waals surface area contributed by atoms with Crippen molar-refractivity contribution in [2.45, 2.75) is 26.7 Å². The van der Waals surface area contributed by atoms with Crippen LogP contribution in [0.5, 0.6) is 0 Å². The molecule has 0 aliphatic carbocycles. The molecule has 1 aliphatic heterocycles. The Hall–Kier alpha value is -2.95. The van der Waals surface area contributed by atoms with E-state index in [1.807, 2.05) is 55.5 Å². The van der Waals surface area contributed by atoms with E-state index in [1.54, 1.807) is 11.1 Å². The Kier molecular flexibility index (Phi) is 5.46. The molecule has 0 spiro atoms. The Labute approximate surface area is 153 Å². The van der Waals surface area contributed by atoms with Crippen LogP contribution in [0.25, 0.3) is 0 Å². The highest BCUT2D eigenvalue weighted by Gasteiger charge is 2.35. The van der Waals surface area contributed by atoms with Crippen LogP contribution in [0.4, 0.5) is 5.69 Å². The summed E-state index contributed by atoms with van der Waals surface area (Å²) in [6, 6.07) is 15.8. The quantitative estimate of drug-likeness (QED) is 0.666. The number of hydrogen-bond donors (Lipinski definition) is 1. The average molecular weight is 349 g/mol. The highest BCUT2D eigenvalue weighted by Crippen LogP contribution is 2.25. The summed E-state index contributed by atoms with van der Waals surface area (Å²) in [5, 5.41) is 4.02. The number of aryl methyl sites for hydroxylation is 2. The maximum atomic E-state index is 12.3. The largest absolute Gasteiger partial charge is 0.312 e. The van der Waals surface area contributed by atoms with Crippen molar-refractivity contribution >= 4 is 23.7 Å². The maximum absolute atomic E-state index is 12.3. The third-order valence-corrected chi connectivity index (χ3v) is 4.62. The van der Waals surface area contributed by atoms with Gasteiger partial charge in [-0.15, -0.1) is 0 Å². The number of nitrogens with zero attached hydrogens (tertiary/aromatic N) is 2. The molecule has 0 bridgehead atoms. The van der Waals surface area contributed by atoms with Crippen molar-refractivity contribution in [2.24, 2.45) is 11.0 Å². The lowest BCUT2D eigenvalue weighted by Gasteiger charge is -2.16. The van der Waals surface area contributed by atoms with E-state index >= 15 is 0 Å². The van der Waals surface area contributed by atoms with E-state index in [9.17, 15) is 9.59 Å². The molecule has 1 saturated heterocycles. The fraction of sp³-hybridized carbons (Fsp3) is 0.286. The molecule has 1 fully saturated rings. The maximum Gasteiger partial charge on any atom is 0.245 e. The van der Waals surface area contributed by atoms with Crippen molar-refractivity contribution < 1.29 is 9.59 Å². The molecule has 2 aromatic rings. The third-order valence-electron chi connectivity index (χ3n) is 4.62. The van der Waals surface area contributed by atoms with Crippen LogP contribution in [0, 0.1) is 12.8 Å². The third kappa shape index (κ3) is 4.17. The molecule has 0 aromatic heterocycles. The van der Waals surface area contributed by atoms with Gasteiger partial charge in [-0.05, 0) is 36.6 Å². The van der Waals surface area contributed by atoms with Crippen LogP contribution in [0.2, 0.25) is 0 Å². The van der Waals surface area contributed by atoms with E-state index in [2.05, 4.69) is 17.5 Å². The molecule has 5 nitrogen and oxygen atoms in total. The summed E-state index contributed by atoms with van der Waals surface area (Å²) in [5.74, 6) is -0.647. The van der Waals surface area contributed by atoms with Crippen LogP contribution in [0.3, 0.4) is 0 Å². The number of rotatable bonds is 5. The lowest BCUT2D eigenvalue weighted by Crippen LogP contribution is -2.30. The fourth-order valence-electron chi connectivity index (χ4n) is 2.96. The van der Waals surface area contributed by atoms with E-state index in [0.29, 0.717) is 6.54 Å². The number of carbonyl (C=O) groups excluding carboxylic acids is 2. The van der Waals surface area contributed by atoms with Gasteiger partial charge in [0.25, 0.3) is 0 Å². The molecule has 5 heteroatoms. The number of carbonyl (C=O) groups is 2. The molecule has 1 atom stereocenters. The van der Waals surface area contributed by atoms with Gasteiger partial charge in [-0.1, -0.05) is 48.9 Å². The molecule has 2 amide bonds. The van der Waals surface area contributed by atoms with Gasteiger partial charge in [-0.25, -0.2) is 5.43 Å². The first-order valence-corrected chi connectivity index (χ1v) is 8.85. The number of hydrogen-bond acceptors (Lipinski definition) is 3. The summed E-state index contributed by atoms with van der Waals surface area (Å²) in [5.41, 5.74) is 6.70. The van der Waals surface area contributed by atoms with Crippen LogP contribution in [-0.2, 0) is 16.0 Å². The van der Waals surface area contributed by atoms with Crippen LogP contribution in [0.15, 0.2) is 53.6 Å². The molecule has 0 saturated carbocycles. The van der Waals surface area contributed by atoms with E-state index in [4.69, 9.17) is 0 Å². The summed E-state index contributed by atoms with van der Waals surface area (Å²) < 4.78 is 0. The number of anilines is 1. The molecule has 3 rings (SSSR count). The first kappa shape index (κ1) is 17.9. The molecule has 1 heterocycles. The van der Waals surface area contributed by atoms with Gasteiger partial charge < -0.3 is 4.90 Å². The molecule has 134 valence electrons. The Balaban J connectivity index is 1.57. The molecule has 1 aliphatic rings. The summed E-state index contributed by atoms with van der Waals surface area (Å²) >= 11 is 0. The van der Waals surface area contributed by atoms with Crippen LogP contribution in [0.1, 0.15) is 30.0 Å². The average Bonchev–Trinajstić information content (AvgIpc) is 3.05. The minimum atomic E-state index is -0.386. The zero-order valence-electron chi connectivity index (χ0n) is 15.1. The van der Waals surface area contributed by atoms with Gasteiger partial charge >= 0.3 is 0 Å². The molecule has 1 unspecified atom stereocenters. The van der Waals surface area contributed by atoms with Crippen LogP contribution in [-0.4, -0.2) is 24.6 Å². The molecule has 0 radical (unpaired) electrons. The second-order valence-electron chi connectivity index (χ2n) is 6.57. The molecular weight excluding hydrogens is 326 g/mol. The number of amides is 2. The first-order valence-electron chi connectivity index (χ1n) is 8.85. The van der Waals surface area contributed by atoms with Gasteiger partial charge in [0.1, 0.15) is 0 Å². The highest BCUT2D eigenvalue weighted by atomic mass is 16.2. The summed E-state index contributed by atoms with van der Waals surface area (Å²) in [6.07, 6.45) is 2.81. The lowest BCUT2D eigenvalue weighted by atomic mass is 10.1. The van der Waals surface area contributed by atoms with E-state index in [0.717, 1.165) is 23.2 Å². The monoisotopic (exact) mass is 349 g/mol. The summed E-state index contributed by atoms with van der Waals surface area (Å²) in [7, 11) is 0. The number of hydrazone groups is 1. The van der Waals surface area contributed by atoms with Gasteiger partial charge in [0.15, 0.2) is 0 Å². The molecule has 26 heavy (non-hydrogen) atoms. The summed E-state index contributed by atoms with van der Waals surface area (Å²) in [6.45, 7) is 4.49. The second-order valence-corrected chi connectivity index (χ2v) is 6.57. The Morgan fingerprint density at radius 3 is 2.54 bits per heavy atom. The smallest absolute Gasteiger partial charge is 0.245 e. The van der Waals surface area contributed by atoms with Crippen molar-refractivity contribution in [3.8, 4) is 0 Å². The number of benzene rings is 2. The van der Waals surface area contributed by atoms with E-state index in [1.165, 1.54) is 5.56 Å². The standard InChI is InChI=1S/C21H23N3O2/c1-3-16-6-8-17(9-7-16)13-22-23-21(26)18-12-20(25)24(14-18)19-10-4-15(2)5-11-19/h4-11,13,18H,3,12,14H2,1-2H3,(H,23,26)/b22-13+. The van der Waals surface area contributed by atoms with Gasteiger partial charge in [0, 0.05) is 18.7 Å². The normalized spacial score (nSPS) is 17.1. The van der Waals surface area contributed by atoms with Crippen molar-refractivity contribution in [1.82, 2.24) is 5.43 Å². The summed E-state index contributed by atoms with van der Waals surface area (Å²) in [4.78, 5) is 26.2.